The Kier molecular flexibility index (Phi) is 5.72. The van der Waals surface area contributed by atoms with Crippen LogP contribution in [0.2, 0.25) is 5.02 Å². The number of carbonyl (C=O) groups is 1. The summed E-state index contributed by atoms with van der Waals surface area (Å²) in [6.07, 6.45) is 4.67. The van der Waals surface area contributed by atoms with Gasteiger partial charge in [0.1, 0.15) is 0 Å². The minimum Gasteiger partial charge on any atom is -0.335 e. The van der Waals surface area contributed by atoms with Crippen LogP contribution in [-0.4, -0.2) is 28.7 Å². The number of amides is 1. The van der Waals surface area contributed by atoms with E-state index in [1.165, 1.54) is 12.8 Å². The van der Waals surface area contributed by atoms with Crippen molar-refractivity contribution in [3.63, 3.8) is 0 Å². The van der Waals surface area contributed by atoms with E-state index in [0.29, 0.717) is 16.6 Å². The van der Waals surface area contributed by atoms with E-state index >= 15 is 0 Å². The van der Waals surface area contributed by atoms with Gasteiger partial charge in [-0.3, -0.25) is 4.79 Å². The molecule has 19 heavy (non-hydrogen) atoms. The number of hydrogen-bond acceptors (Lipinski definition) is 1. The van der Waals surface area contributed by atoms with Crippen molar-refractivity contribution < 1.29 is 4.79 Å². The van der Waals surface area contributed by atoms with Crippen LogP contribution in [0.15, 0.2) is 22.7 Å². The molecular weight excluding hydrogens is 393 g/mol. The van der Waals surface area contributed by atoms with Crippen molar-refractivity contribution in [1.29, 1.82) is 0 Å². The molecule has 0 aromatic heterocycles. The molecule has 0 bridgehead atoms. The normalized spacial score (nSPS) is 15.7. The first kappa shape index (κ1) is 15.3. The van der Waals surface area contributed by atoms with Gasteiger partial charge in [-0.1, -0.05) is 40.4 Å². The molecule has 0 heterocycles. The lowest BCUT2D eigenvalue weighted by Gasteiger charge is -2.28. The lowest BCUT2D eigenvalue weighted by Crippen LogP contribution is -2.40. The third-order valence-corrected chi connectivity index (χ3v) is 4.76. The molecule has 1 saturated carbocycles. The number of halogens is 3. The van der Waals surface area contributed by atoms with E-state index in [1.807, 2.05) is 4.90 Å². The Morgan fingerprint density at radius 2 is 2.05 bits per heavy atom. The zero-order chi connectivity index (χ0) is 13.8. The van der Waals surface area contributed by atoms with E-state index < -0.39 is 0 Å². The summed E-state index contributed by atoms with van der Waals surface area (Å²) in [7, 11) is 0. The molecule has 1 aliphatic carbocycles. The number of rotatable bonds is 4. The van der Waals surface area contributed by atoms with Crippen molar-refractivity contribution in [3.8, 4) is 0 Å². The van der Waals surface area contributed by atoms with Gasteiger partial charge in [-0.25, -0.2) is 0 Å². The summed E-state index contributed by atoms with van der Waals surface area (Å²) < 4.78 is 0.766. The molecule has 0 N–H and O–H groups in total. The molecule has 2 rings (SSSR count). The van der Waals surface area contributed by atoms with Crippen LogP contribution in [0.4, 0.5) is 0 Å². The van der Waals surface area contributed by atoms with Crippen LogP contribution >= 0.6 is 43.5 Å². The highest BCUT2D eigenvalue weighted by Crippen LogP contribution is 2.28. The first-order valence-electron chi connectivity index (χ1n) is 6.45. The molecular formula is C14H16Br2ClNO. The molecule has 1 aromatic rings. The molecule has 1 fully saturated rings. The van der Waals surface area contributed by atoms with Gasteiger partial charge in [0, 0.05) is 27.4 Å². The summed E-state index contributed by atoms with van der Waals surface area (Å²) in [4.78, 5) is 14.7. The van der Waals surface area contributed by atoms with E-state index in [-0.39, 0.29) is 5.91 Å². The predicted octanol–water partition coefficient (Wildman–Crippen LogP) is 4.88. The van der Waals surface area contributed by atoms with Gasteiger partial charge >= 0.3 is 0 Å². The van der Waals surface area contributed by atoms with Crippen LogP contribution in [0.1, 0.15) is 36.0 Å². The molecule has 1 aliphatic rings. The standard InChI is InChI=1S/C14H16Br2ClNO/c15-7-8-18(11-3-1-2-4-11)14(19)12-6-5-10(17)9-13(12)16/h5-6,9,11H,1-4,7-8H2. The summed E-state index contributed by atoms with van der Waals surface area (Å²) in [6.45, 7) is 0.749. The second-order valence-electron chi connectivity index (χ2n) is 4.75. The van der Waals surface area contributed by atoms with Crippen LogP contribution < -0.4 is 0 Å². The molecule has 0 aliphatic heterocycles. The van der Waals surface area contributed by atoms with E-state index in [0.717, 1.165) is 29.2 Å². The second-order valence-corrected chi connectivity index (χ2v) is 6.83. The zero-order valence-electron chi connectivity index (χ0n) is 10.5. The Bertz CT molecular complexity index is 461. The maximum Gasteiger partial charge on any atom is 0.255 e. The van der Waals surface area contributed by atoms with Gasteiger partial charge in [-0.15, -0.1) is 0 Å². The quantitative estimate of drug-likeness (QED) is 0.649. The van der Waals surface area contributed by atoms with E-state index in [4.69, 9.17) is 11.6 Å². The fourth-order valence-electron chi connectivity index (χ4n) is 2.57. The third-order valence-electron chi connectivity index (χ3n) is 3.51. The number of nitrogens with zero attached hydrogens (tertiary/aromatic N) is 1. The van der Waals surface area contributed by atoms with Crippen LogP contribution in [0, 0.1) is 0 Å². The Morgan fingerprint density at radius 1 is 1.37 bits per heavy atom. The SMILES string of the molecule is O=C(c1ccc(Cl)cc1Br)N(CCBr)C1CCCC1. The van der Waals surface area contributed by atoms with Gasteiger partial charge in [0.25, 0.3) is 5.91 Å². The number of benzene rings is 1. The lowest BCUT2D eigenvalue weighted by atomic mass is 10.1. The van der Waals surface area contributed by atoms with Crippen molar-refractivity contribution in [2.75, 3.05) is 11.9 Å². The number of hydrogen-bond donors (Lipinski definition) is 0. The maximum atomic E-state index is 12.7. The molecule has 0 radical (unpaired) electrons. The van der Waals surface area contributed by atoms with Gasteiger partial charge in [-0.2, -0.15) is 0 Å². The summed E-state index contributed by atoms with van der Waals surface area (Å²) in [5.41, 5.74) is 0.692. The Labute approximate surface area is 135 Å². The summed E-state index contributed by atoms with van der Waals surface area (Å²) in [5, 5.41) is 1.44. The number of carbonyl (C=O) groups excluding carboxylic acids is 1. The van der Waals surface area contributed by atoms with Crippen LogP contribution in [-0.2, 0) is 0 Å². The van der Waals surface area contributed by atoms with Crippen molar-refractivity contribution in [2.24, 2.45) is 0 Å². The highest BCUT2D eigenvalue weighted by Gasteiger charge is 2.27. The topological polar surface area (TPSA) is 20.3 Å². The van der Waals surface area contributed by atoms with Crippen molar-refractivity contribution in [1.82, 2.24) is 4.90 Å². The summed E-state index contributed by atoms with van der Waals surface area (Å²) in [5.74, 6) is 0.0925. The average Bonchev–Trinajstić information content (AvgIpc) is 2.89. The molecule has 5 heteroatoms. The molecule has 0 saturated heterocycles. The van der Waals surface area contributed by atoms with Crippen LogP contribution in [0.5, 0.6) is 0 Å². The average molecular weight is 410 g/mol. The monoisotopic (exact) mass is 407 g/mol. The zero-order valence-corrected chi connectivity index (χ0v) is 14.5. The van der Waals surface area contributed by atoms with Crippen molar-refractivity contribution >= 4 is 49.4 Å². The maximum absolute atomic E-state index is 12.7. The van der Waals surface area contributed by atoms with E-state index in [9.17, 15) is 4.79 Å². The first-order valence-corrected chi connectivity index (χ1v) is 8.74. The molecule has 0 atom stereocenters. The molecule has 1 amide bonds. The molecule has 0 unspecified atom stereocenters. The van der Waals surface area contributed by atoms with Gasteiger partial charge in [0.2, 0.25) is 0 Å². The molecule has 104 valence electrons. The highest BCUT2D eigenvalue weighted by molar-refractivity contribution is 9.10. The van der Waals surface area contributed by atoms with Gasteiger partial charge in [0.15, 0.2) is 0 Å². The first-order chi connectivity index (χ1) is 9.13. The molecule has 1 aromatic carbocycles. The van der Waals surface area contributed by atoms with Gasteiger partial charge in [-0.05, 0) is 47.0 Å². The lowest BCUT2D eigenvalue weighted by molar-refractivity contribution is 0.0695. The van der Waals surface area contributed by atoms with Gasteiger partial charge in [0.05, 0.1) is 5.56 Å². The van der Waals surface area contributed by atoms with E-state index in [2.05, 4.69) is 31.9 Å². The second kappa shape index (κ2) is 7.09. The number of alkyl halides is 1. The minimum atomic E-state index is 0.0925. The Balaban J connectivity index is 2.22. The van der Waals surface area contributed by atoms with Crippen molar-refractivity contribution in [3.05, 3.63) is 33.3 Å². The predicted molar refractivity (Wildman–Crippen MR) is 86.2 cm³/mol. The fourth-order valence-corrected chi connectivity index (χ4v) is 3.81. The van der Waals surface area contributed by atoms with E-state index in [1.54, 1.807) is 18.2 Å². The smallest absolute Gasteiger partial charge is 0.255 e. The Hall–Kier alpha value is -0.0600. The fraction of sp³-hybridized carbons (Fsp3) is 0.500. The Morgan fingerprint density at radius 3 is 2.63 bits per heavy atom. The van der Waals surface area contributed by atoms with Gasteiger partial charge < -0.3 is 4.90 Å². The minimum absolute atomic E-state index is 0.0925. The molecule has 0 spiro atoms. The van der Waals surface area contributed by atoms with Crippen LogP contribution in [0.25, 0.3) is 0 Å². The third kappa shape index (κ3) is 3.73. The molecule has 2 nitrogen and oxygen atoms in total. The van der Waals surface area contributed by atoms with Crippen molar-refractivity contribution in [2.45, 2.75) is 31.7 Å². The highest BCUT2D eigenvalue weighted by atomic mass is 79.9. The summed E-state index contributed by atoms with van der Waals surface area (Å²) in [6, 6.07) is 5.72. The largest absolute Gasteiger partial charge is 0.335 e. The summed E-state index contributed by atoms with van der Waals surface area (Å²) >= 11 is 12.8. The van der Waals surface area contributed by atoms with Crippen LogP contribution in [0.3, 0.4) is 0 Å².